The standard InChI is InChI=1S/C31H45N3O2/c1-23(2)28-11-8-12-29(24(3)4)30(28)32-31(35)34(18-17-33-19-21-36-22-20-33)27-15-13-26(14-16-27)25-9-6-5-7-10-25/h5-12,23-24,26-27H,13-22H2,1-4H3,(H,32,35). The Bertz CT molecular complexity index is 935. The van der Waals surface area contributed by atoms with Crippen LogP contribution in [0.5, 0.6) is 0 Å². The van der Waals surface area contributed by atoms with Gasteiger partial charge in [-0.25, -0.2) is 4.79 Å². The van der Waals surface area contributed by atoms with Gasteiger partial charge in [-0.05, 0) is 60.1 Å². The van der Waals surface area contributed by atoms with Crippen molar-refractivity contribution < 1.29 is 9.53 Å². The number of anilines is 1. The number of rotatable bonds is 8. The number of nitrogens with zero attached hydrogens (tertiary/aromatic N) is 2. The maximum atomic E-state index is 14.0. The molecule has 0 unspecified atom stereocenters. The van der Waals surface area contributed by atoms with Crippen molar-refractivity contribution in [2.75, 3.05) is 44.7 Å². The Hall–Kier alpha value is -2.37. The van der Waals surface area contributed by atoms with Crippen molar-refractivity contribution in [2.45, 2.75) is 77.2 Å². The number of urea groups is 1. The lowest BCUT2D eigenvalue weighted by Crippen LogP contribution is -2.49. The predicted molar refractivity (Wildman–Crippen MR) is 149 cm³/mol. The van der Waals surface area contributed by atoms with Crippen LogP contribution in [-0.2, 0) is 4.74 Å². The molecule has 0 atom stereocenters. The van der Waals surface area contributed by atoms with Crippen LogP contribution in [-0.4, -0.2) is 61.3 Å². The van der Waals surface area contributed by atoms with Crippen molar-refractivity contribution in [3.63, 3.8) is 0 Å². The number of carbonyl (C=O) groups is 1. The Morgan fingerprint density at radius 1 is 0.917 bits per heavy atom. The summed E-state index contributed by atoms with van der Waals surface area (Å²) >= 11 is 0. The lowest BCUT2D eigenvalue weighted by molar-refractivity contribution is 0.0327. The van der Waals surface area contributed by atoms with Crippen molar-refractivity contribution in [1.82, 2.24) is 9.80 Å². The number of ether oxygens (including phenoxy) is 1. The highest BCUT2D eigenvalue weighted by molar-refractivity contribution is 5.91. The zero-order valence-corrected chi connectivity index (χ0v) is 22.7. The molecular formula is C31H45N3O2. The van der Waals surface area contributed by atoms with Crippen LogP contribution in [0.3, 0.4) is 0 Å². The summed E-state index contributed by atoms with van der Waals surface area (Å²) in [5.41, 5.74) is 4.89. The summed E-state index contributed by atoms with van der Waals surface area (Å²) in [6.07, 6.45) is 4.38. The molecule has 2 aromatic rings. The number of benzene rings is 2. The first-order chi connectivity index (χ1) is 17.4. The molecule has 1 N–H and O–H groups in total. The zero-order valence-electron chi connectivity index (χ0n) is 22.7. The summed E-state index contributed by atoms with van der Waals surface area (Å²) in [5.74, 6) is 1.30. The fourth-order valence-electron chi connectivity index (χ4n) is 5.84. The molecule has 4 rings (SSSR count). The highest BCUT2D eigenvalue weighted by Gasteiger charge is 2.31. The van der Waals surface area contributed by atoms with Gasteiger partial charge in [0.1, 0.15) is 0 Å². The summed E-state index contributed by atoms with van der Waals surface area (Å²) in [5, 5.41) is 3.41. The van der Waals surface area contributed by atoms with Crippen LogP contribution in [0.15, 0.2) is 48.5 Å². The smallest absolute Gasteiger partial charge is 0.322 e. The number of para-hydroxylation sites is 1. The van der Waals surface area contributed by atoms with E-state index in [2.05, 4.69) is 91.3 Å². The van der Waals surface area contributed by atoms with Crippen LogP contribution in [0.4, 0.5) is 10.5 Å². The van der Waals surface area contributed by atoms with Gasteiger partial charge >= 0.3 is 6.03 Å². The molecule has 2 aromatic carbocycles. The van der Waals surface area contributed by atoms with Crippen LogP contribution in [0, 0.1) is 0 Å². The Kier molecular flexibility index (Phi) is 9.44. The van der Waals surface area contributed by atoms with Gasteiger partial charge in [0.25, 0.3) is 0 Å². The van der Waals surface area contributed by atoms with Crippen LogP contribution in [0.1, 0.15) is 87.8 Å². The number of hydrogen-bond donors (Lipinski definition) is 1. The second-order valence-electron chi connectivity index (χ2n) is 11.1. The highest BCUT2D eigenvalue weighted by Crippen LogP contribution is 2.36. The SMILES string of the molecule is CC(C)c1cccc(C(C)C)c1NC(=O)N(CCN1CCOCC1)C1CCC(c2ccccc2)CC1. The molecule has 1 heterocycles. The average Bonchev–Trinajstić information content (AvgIpc) is 2.90. The molecule has 2 aliphatic rings. The zero-order chi connectivity index (χ0) is 25.5. The number of carbonyl (C=O) groups excluding carboxylic acids is 1. The quantitative estimate of drug-likeness (QED) is 0.440. The first-order valence-electron chi connectivity index (χ1n) is 14.0. The van der Waals surface area contributed by atoms with E-state index in [1.54, 1.807) is 0 Å². The average molecular weight is 492 g/mol. The number of nitrogens with one attached hydrogen (secondary N) is 1. The summed E-state index contributed by atoms with van der Waals surface area (Å²) in [4.78, 5) is 18.5. The van der Waals surface area contributed by atoms with Gasteiger partial charge < -0.3 is 15.0 Å². The molecule has 1 saturated heterocycles. The molecule has 1 aliphatic heterocycles. The van der Waals surface area contributed by atoms with Crippen LogP contribution in [0.25, 0.3) is 0 Å². The number of hydrogen-bond acceptors (Lipinski definition) is 3. The predicted octanol–water partition coefficient (Wildman–Crippen LogP) is 6.83. The summed E-state index contributed by atoms with van der Waals surface area (Å²) < 4.78 is 5.54. The van der Waals surface area contributed by atoms with E-state index in [-0.39, 0.29) is 12.1 Å². The molecular weight excluding hydrogens is 446 g/mol. The largest absolute Gasteiger partial charge is 0.379 e. The monoisotopic (exact) mass is 491 g/mol. The Labute approximate surface area is 218 Å². The normalized spacial score (nSPS) is 21.1. The van der Waals surface area contributed by atoms with E-state index in [1.165, 1.54) is 16.7 Å². The van der Waals surface area contributed by atoms with Crippen LogP contribution < -0.4 is 5.32 Å². The second-order valence-corrected chi connectivity index (χ2v) is 11.1. The molecule has 196 valence electrons. The summed E-state index contributed by atoms with van der Waals surface area (Å²) in [6.45, 7) is 13.9. The maximum absolute atomic E-state index is 14.0. The third-order valence-corrected chi connectivity index (χ3v) is 8.04. The molecule has 5 heteroatoms. The van der Waals surface area contributed by atoms with E-state index < -0.39 is 0 Å². The molecule has 2 amide bonds. The van der Waals surface area contributed by atoms with E-state index in [4.69, 9.17) is 4.74 Å². The second kappa shape index (κ2) is 12.7. The molecule has 2 fully saturated rings. The van der Waals surface area contributed by atoms with Gasteiger partial charge in [0.15, 0.2) is 0 Å². The molecule has 36 heavy (non-hydrogen) atoms. The lowest BCUT2D eigenvalue weighted by atomic mass is 9.81. The van der Waals surface area contributed by atoms with E-state index >= 15 is 0 Å². The third kappa shape index (κ3) is 6.68. The molecule has 1 saturated carbocycles. The minimum absolute atomic E-state index is 0.0569. The minimum atomic E-state index is 0.0569. The maximum Gasteiger partial charge on any atom is 0.322 e. The highest BCUT2D eigenvalue weighted by atomic mass is 16.5. The Morgan fingerprint density at radius 3 is 2.11 bits per heavy atom. The minimum Gasteiger partial charge on any atom is -0.379 e. The van der Waals surface area contributed by atoms with Gasteiger partial charge in [0.05, 0.1) is 13.2 Å². The van der Waals surface area contributed by atoms with Gasteiger partial charge in [0.2, 0.25) is 0 Å². The first-order valence-corrected chi connectivity index (χ1v) is 14.0. The van der Waals surface area contributed by atoms with Crippen molar-refractivity contribution in [3.8, 4) is 0 Å². The molecule has 0 radical (unpaired) electrons. The summed E-state index contributed by atoms with van der Waals surface area (Å²) in [6, 6.07) is 17.7. The van der Waals surface area contributed by atoms with E-state index in [9.17, 15) is 4.79 Å². The van der Waals surface area contributed by atoms with Crippen molar-refractivity contribution in [3.05, 3.63) is 65.2 Å². The fourth-order valence-corrected chi connectivity index (χ4v) is 5.84. The van der Waals surface area contributed by atoms with Gasteiger partial charge in [0, 0.05) is 37.9 Å². The van der Waals surface area contributed by atoms with Crippen molar-refractivity contribution in [1.29, 1.82) is 0 Å². The van der Waals surface area contributed by atoms with E-state index in [0.29, 0.717) is 17.8 Å². The Morgan fingerprint density at radius 2 is 1.53 bits per heavy atom. The molecule has 5 nitrogen and oxygen atoms in total. The Balaban J connectivity index is 1.51. The van der Waals surface area contributed by atoms with Gasteiger partial charge in [-0.2, -0.15) is 0 Å². The fraction of sp³-hybridized carbons (Fsp3) is 0.581. The number of morpholine rings is 1. The molecule has 0 bridgehead atoms. The molecule has 0 aromatic heterocycles. The van der Waals surface area contributed by atoms with Gasteiger partial charge in [-0.3, -0.25) is 4.90 Å². The van der Waals surface area contributed by atoms with E-state index in [1.807, 2.05) is 0 Å². The topological polar surface area (TPSA) is 44.8 Å². The van der Waals surface area contributed by atoms with Gasteiger partial charge in [-0.15, -0.1) is 0 Å². The molecule has 0 spiro atoms. The third-order valence-electron chi connectivity index (χ3n) is 8.04. The van der Waals surface area contributed by atoms with Crippen LogP contribution >= 0.6 is 0 Å². The van der Waals surface area contributed by atoms with E-state index in [0.717, 1.165) is 70.8 Å². The summed E-state index contributed by atoms with van der Waals surface area (Å²) in [7, 11) is 0. The van der Waals surface area contributed by atoms with Crippen molar-refractivity contribution in [2.24, 2.45) is 0 Å². The van der Waals surface area contributed by atoms with Crippen LogP contribution in [0.2, 0.25) is 0 Å². The van der Waals surface area contributed by atoms with Gasteiger partial charge in [-0.1, -0.05) is 76.2 Å². The van der Waals surface area contributed by atoms with Crippen molar-refractivity contribution >= 4 is 11.7 Å². The lowest BCUT2D eigenvalue weighted by Gasteiger charge is -2.39. The first kappa shape index (κ1) is 26.7. The molecule has 1 aliphatic carbocycles. The number of amides is 2.